The number of aromatic nitrogens is 2. The lowest BCUT2D eigenvalue weighted by Gasteiger charge is -2.46. The summed E-state index contributed by atoms with van der Waals surface area (Å²) in [5, 5.41) is 13.9. The van der Waals surface area contributed by atoms with Gasteiger partial charge in [0, 0.05) is 27.6 Å². The molecule has 1 atom stereocenters. The first-order valence-electron chi connectivity index (χ1n) is 14.2. The number of hydroxylamine groups is 1. The summed E-state index contributed by atoms with van der Waals surface area (Å²) < 4.78 is 36.8. The van der Waals surface area contributed by atoms with E-state index >= 15 is 0 Å². The molecule has 230 valence electrons. The van der Waals surface area contributed by atoms with Crippen molar-refractivity contribution in [3.63, 3.8) is 0 Å². The molecule has 6 rings (SSSR count). The number of hydrogen-bond acceptors (Lipinski definition) is 6. The van der Waals surface area contributed by atoms with E-state index in [1.54, 1.807) is 47.9 Å². The second kappa shape index (κ2) is 12.1. The lowest BCUT2D eigenvalue weighted by Crippen LogP contribution is -2.55. The second-order valence-electron chi connectivity index (χ2n) is 11.1. The van der Waals surface area contributed by atoms with Gasteiger partial charge < -0.3 is 4.74 Å². The first kappa shape index (κ1) is 30.4. The lowest BCUT2D eigenvalue weighted by molar-refractivity contribution is -0.134. The molecule has 10 nitrogen and oxygen atoms in total. The fourth-order valence-corrected chi connectivity index (χ4v) is 8.42. The van der Waals surface area contributed by atoms with Gasteiger partial charge in [-0.1, -0.05) is 66.7 Å². The monoisotopic (exact) mass is 656 g/mol. The molecule has 1 aliphatic carbocycles. The van der Waals surface area contributed by atoms with E-state index in [9.17, 15) is 23.2 Å². The van der Waals surface area contributed by atoms with Gasteiger partial charge in [-0.05, 0) is 61.4 Å². The minimum absolute atomic E-state index is 0.0110. The maximum atomic E-state index is 14.3. The van der Waals surface area contributed by atoms with Crippen LogP contribution in [0.2, 0.25) is 10.0 Å². The maximum absolute atomic E-state index is 14.3. The van der Waals surface area contributed by atoms with Gasteiger partial charge in [0.05, 0.1) is 21.8 Å². The molecule has 44 heavy (non-hydrogen) atoms. The summed E-state index contributed by atoms with van der Waals surface area (Å²) in [7, 11) is -4.34. The van der Waals surface area contributed by atoms with Crippen molar-refractivity contribution in [2.24, 2.45) is 0 Å². The van der Waals surface area contributed by atoms with E-state index in [1.165, 1.54) is 28.9 Å². The molecule has 4 aromatic rings. The van der Waals surface area contributed by atoms with Gasteiger partial charge in [-0.3, -0.25) is 19.9 Å². The topological polar surface area (TPSA) is 134 Å². The number of para-hydroxylation sites is 1. The third-order valence-corrected chi connectivity index (χ3v) is 10.9. The van der Waals surface area contributed by atoms with Gasteiger partial charge in [-0.25, -0.2) is 18.6 Å². The molecule has 1 saturated carbocycles. The predicted molar refractivity (Wildman–Crippen MR) is 165 cm³/mol. The van der Waals surface area contributed by atoms with Crippen molar-refractivity contribution < 1.29 is 23.2 Å². The molecule has 0 bridgehead atoms. The van der Waals surface area contributed by atoms with Crippen molar-refractivity contribution in [2.75, 3.05) is 6.54 Å². The molecule has 1 spiro atoms. The highest BCUT2D eigenvalue weighted by Gasteiger charge is 2.53. The van der Waals surface area contributed by atoms with Crippen LogP contribution in [0.15, 0.2) is 82.5 Å². The molecule has 3 N–H and O–H groups in total. The highest BCUT2D eigenvalue weighted by molar-refractivity contribution is 7.89. The molecular formula is C31H30Cl2N4O6S. The smallest absolute Gasteiger partial charge is 0.276 e. The molecule has 1 aromatic heterocycles. The number of benzene rings is 3. The molecule has 13 heteroatoms. The third-order valence-electron chi connectivity index (χ3n) is 8.50. The van der Waals surface area contributed by atoms with Crippen molar-refractivity contribution in [3.8, 4) is 11.4 Å². The van der Waals surface area contributed by atoms with Gasteiger partial charge in [0.15, 0.2) is 0 Å². The largest absolute Gasteiger partial charge is 0.489 e. The Morgan fingerprint density at radius 1 is 1.02 bits per heavy atom. The molecule has 2 aliphatic rings. The number of sulfonamides is 1. The van der Waals surface area contributed by atoms with Crippen LogP contribution in [0.5, 0.6) is 5.75 Å². The van der Waals surface area contributed by atoms with Gasteiger partial charge in [-0.2, -0.15) is 4.31 Å². The van der Waals surface area contributed by atoms with E-state index in [0.717, 1.165) is 23.6 Å². The molecule has 0 saturated heterocycles. The SMILES string of the molecule is O=C(NO)[C@H]1c2c([nH]n(-c3ccccc3)c2=O)C2(CCCCC2)CN1S(=O)(=O)c1ccc(OCc2ccc(Cl)cc2Cl)cc1. The van der Waals surface area contributed by atoms with E-state index in [0.29, 0.717) is 45.6 Å². The number of amides is 1. The van der Waals surface area contributed by atoms with Crippen LogP contribution in [0.3, 0.4) is 0 Å². The number of rotatable bonds is 7. The number of halogens is 2. The predicted octanol–water partition coefficient (Wildman–Crippen LogP) is 5.50. The van der Waals surface area contributed by atoms with Crippen LogP contribution in [-0.2, 0) is 26.8 Å². The minimum Gasteiger partial charge on any atom is -0.489 e. The van der Waals surface area contributed by atoms with Crippen LogP contribution >= 0.6 is 23.2 Å². The van der Waals surface area contributed by atoms with Gasteiger partial charge in [-0.15, -0.1) is 0 Å². The maximum Gasteiger partial charge on any atom is 0.276 e. The van der Waals surface area contributed by atoms with E-state index in [4.69, 9.17) is 27.9 Å². The second-order valence-corrected chi connectivity index (χ2v) is 13.9. The zero-order chi connectivity index (χ0) is 31.1. The van der Waals surface area contributed by atoms with E-state index in [2.05, 4.69) is 5.10 Å². The highest BCUT2D eigenvalue weighted by Crippen LogP contribution is 2.48. The normalized spacial score (nSPS) is 18.1. The van der Waals surface area contributed by atoms with Crippen molar-refractivity contribution in [1.29, 1.82) is 0 Å². The summed E-state index contributed by atoms with van der Waals surface area (Å²) in [6.07, 6.45) is 3.93. The molecule has 0 unspecified atom stereocenters. The number of ether oxygens (including phenoxy) is 1. The van der Waals surface area contributed by atoms with Gasteiger partial charge in [0.25, 0.3) is 11.5 Å². The molecule has 2 heterocycles. The summed E-state index contributed by atoms with van der Waals surface area (Å²) in [5.41, 5.74) is 2.14. The van der Waals surface area contributed by atoms with Gasteiger partial charge in [0.2, 0.25) is 10.0 Å². The number of carbonyl (C=O) groups excluding carboxylic acids is 1. The molecule has 1 aliphatic heterocycles. The van der Waals surface area contributed by atoms with Crippen LogP contribution in [0.1, 0.15) is 55.0 Å². The molecule has 1 fully saturated rings. The molecular weight excluding hydrogens is 627 g/mol. The summed E-state index contributed by atoms with van der Waals surface area (Å²) >= 11 is 12.2. The average molecular weight is 658 g/mol. The Morgan fingerprint density at radius 2 is 1.73 bits per heavy atom. The van der Waals surface area contributed by atoms with Crippen molar-refractivity contribution in [2.45, 2.75) is 55.1 Å². The number of fused-ring (bicyclic) bond motifs is 2. The fraction of sp³-hybridized carbons (Fsp3) is 0.290. The van der Waals surface area contributed by atoms with Crippen LogP contribution in [0.25, 0.3) is 5.69 Å². The molecule has 3 aromatic carbocycles. The Labute approximate surface area is 264 Å². The zero-order valence-corrected chi connectivity index (χ0v) is 25.8. The standard InChI is InChI=1S/C31H30Cl2N4O6S/c32-21-10-9-20(25(33)17-21)18-43-23-11-13-24(14-12-23)44(41,42)36-19-31(15-5-2-6-16-31)28-26(27(36)29(38)35-40)30(39)37(34-28)22-7-3-1-4-8-22/h1,3-4,7-14,17,27,34,40H,2,5-6,15-16,18-19H2,(H,35,38)/t27-/m1/s1. The lowest BCUT2D eigenvalue weighted by atomic mass is 9.68. The number of nitrogens with zero attached hydrogens (tertiary/aromatic N) is 2. The zero-order valence-electron chi connectivity index (χ0n) is 23.5. The Balaban J connectivity index is 1.39. The third kappa shape index (κ3) is 5.43. The molecule has 0 radical (unpaired) electrons. The summed E-state index contributed by atoms with van der Waals surface area (Å²) in [6, 6.07) is 18.2. The van der Waals surface area contributed by atoms with E-state index < -0.39 is 32.9 Å². The Bertz CT molecular complexity index is 1850. The van der Waals surface area contributed by atoms with Gasteiger partial charge >= 0.3 is 0 Å². The average Bonchev–Trinajstić information content (AvgIpc) is 3.39. The molecule has 1 amide bonds. The van der Waals surface area contributed by atoms with Crippen LogP contribution < -0.4 is 15.8 Å². The van der Waals surface area contributed by atoms with Crippen LogP contribution in [0.4, 0.5) is 0 Å². The van der Waals surface area contributed by atoms with Crippen LogP contribution in [-0.4, -0.2) is 40.2 Å². The van der Waals surface area contributed by atoms with Crippen molar-refractivity contribution in [1.82, 2.24) is 19.6 Å². The fourth-order valence-electron chi connectivity index (χ4n) is 6.31. The van der Waals surface area contributed by atoms with E-state index in [1.807, 2.05) is 6.07 Å². The number of nitrogens with one attached hydrogen (secondary N) is 2. The summed E-state index contributed by atoms with van der Waals surface area (Å²) in [5.74, 6) is -0.614. The van der Waals surface area contributed by atoms with Gasteiger partial charge in [0.1, 0.15) is 18.4 Å². The number of hydrogen-bond donors (Lipinski definition) is 3. The minimum atomic E-state index is -4.34. The Morgan fingerprint density at radius 3 is 2.39 bits per heavy atom. The quantitative estimate of drug-likeness (QED) is 0.178. The van der Waals surface area contributed by atoms with Crippen molar-refractivity contribution in [3.05, 3.63) is 110 Å². The van der Waals surface area contributed by atoms with Crippen molar-refractivity contribution >= 4 is 39.1 Å². The highest BCUT2D eigenvalue weighted by atomic mass is 35.5. The number of carbonyl (C=O) groups is 1. The number of H-pyrrole nitrogens is 1. The van der Waals surface area contributed by atoms with Crippen LogP contribution in [0, 0.1) is 0 Å². The first-order valence-corrected chi connectivity index (χ1v) is 16.4. The summed E-state index contributed by atoms with van der Waals surface area (Å²) in [4.78, 5) is 27.1. The van der Waals surface area contributed by atoms with E-state index in [-0.39, 0.29) is 23.6 Å². The number of aromatic amines is 1. The first-order chi connectivity index (χ1) is 21.1. The Hall–Kier alpha value is -3.61. The summed E-state index contributed by atoms with van der Waals surface area (Å²) in [6.45, 7) is 0.0991. The Kier molecular flexibility index (Phi) is 8.33.